The third-order valence-electron chi connectivity index (χ3n) is 4.80. The van der Waals surface area contributed by atoms with Gasteiger partial charge in [-0.25, -0.2) is 9.78 Å². The van der Waals surface area contributed by atoms with Crippen LogP contribution in [0.25, 0.3) is 16.7 Å². The van der Waals surface area contributed by atoms with Gasteiger partial charge in [-0.15, -0.1) is 0 Å². The summed E-state index contributed by atoms with van der Waals surface area (Å²) in [6.07, 6.45) is 0.476. The molecule has 0 spiro atoms. The second-order valence-electron chi connectivity index (χ2n) is 7.10. The zero-order chi connectivity index (χ0) is 23.4. The van der Waals surface area contributed by atoms with Crippen molar-refractivity contribution in [3.05, 3.63) is 77.4 Å². The van der Waals surface area contributed by atoms with Crippen molar-refractivity contribution in [3.8, 4) is 11.6 Å². The molecule has 33 heavy (non-hydrogen) atoms. The highest BCUT2D eigenvalue weighted by Crippen LogP contribution is 2.23. The van der Waals surface area contributed by atoms with Crippen molar-refractivity contribution in [1.82, 2.24) is 14.8 Å². The lowest BCUT2D eigenvalue weighted by molar-refractivity contribution is -0.122. The van der Waals surface area contributed by atoms with Crippen molar-refractivity contribution in [2.75, 3.05) is 11.9 Å². The van der Waals surface area contributed by atoms with E-state index in [-0.39, 0.29) is 18.0 Å². The summed E-state index contributed by atoms with van der Waals surface area (Å²) in [5.74, 6) is -0.0138. The number of hydrogen-bond donors (Lipinski definition) is 1. The normalized spacial score (nSPS) is 11.7. The summed E-state index contributed by atoms with van der Waals surface area (Å²) in [5, 5.41) is 8.55. The van der Waals surface area contributed by atoms with Crippen molar-refractivity contribution in [2.24, 2.45) is 0 Å². The summed E-state index contributed by atoms with van der Waals surface area (Å²) in [7, 11) is 0. The van der Waals surface area contributed by atoms with Crippen LogP contribution in [0, 0.1) is 0 Å². The van der Waals surface area contributed by atoms with E-state index in [2.05, 4.69) is 15.4 Å². The second-order valence-corrected chi connectivity index (χ2v) is 7.54. The van der Waals surface area contributed by atoms with Gasteiger partial charge in [-0.05, 0) is 56.3 Å². The maximum atomic E-state index is 12.9. The molecule has 0 bridgehead atoms. The van der Waals surface area contributed by atoms with Crippen LogP contribution in [0.3, 0.4) is 0 Å². The first-order valence-corrected chi connectivity index (χ1v) is 10.7. The number of carbonyl (C=O) groups excluding carboxylic acids is 2. The van der Waals surface area contributed by atoms with E-state index in [1.165, 1.54) is 10.9 Å². The van der Waals surface area contributed by atoms with Gasteiger partial charge in [-0.1, -0.05) is 29.8 Å². The Balaban J connectivity index is 1.65. The molecule has 0 fully saturated rings. The second kappa shape index (κ2) is 9.70. The maximum Gasteiger partial charge on any atom is 0.343 e. The number of halogens is 1. The SMILES string of the molecule is CCOC(=O)c1cnn(-c2ccc3ccccc3n2)c1NC(=O)C(C)Oc1ccc(Cl)cc1. The molecule has 0 aliphatic heterocycles. The van der Waals surface area contributed by atoms with Crippen LogP contribution in [0.1, 0.15) is 24.2 Å². The average Bonchev–Trinajstić information content (AvgIpc) is 3.24. The minimum atomic E-state index is -0.867. The molecule has 168 valence electrons. The number of benzene rings is 2. The summed E-state index contributed by atoms with van der Waals surface area (Å²) in [6.45, 7) is 3.48. The van der Waals surface area contributed by atoms with E-state index in [0.717, 1.165) is 10.9 Å². The molecule has 0 saturated heterocycles. The van der Waals surface area contributed by atoms with Gasteiger partial charge in [0.15, 0.2) is 17.7 Å². The molecule has 2 aromatic heterocycles. The quantitative estimate of drug-likeness (QED) is 0.400. The molecular weight excluding hydrogens is 444 g/mol. The summed E-state index contributed by atoms with van der Waals surface area (Å²) in [5.41, 5.74) is 0.860. The number of esters is 1. The van der Waals surface area contributed by atoms with Gasteiger partial charge in [0.05, 0.1) is 18.3 Å². The van der Waals surface area contributed by atoms with Crippen LogP contribution in [-0.2, 0) is 9.53 Å². The number of nitrogens with zero attached hydrogens (tertiary/aromatic N) is 3. The van der Waals surface area contributed by atoms with Gasteiger partial charge >= 0.3 is 5.97 Å². The van der Waals surface area contributed by atoms with Gasteiger partial charge < -0.3 is 14.8 Å². The van der Waals surface area contributed by atoms with E-state index in [9.17, 15) is 9.59 Å². The number of aromatic nitrogens is 3. The molecule has 0 aliphatic carbocycles. The molecule has 8 nitrogen and oxygen atoms in total. The van der Waals surface area contributed by atoms with Gasteiger partial charge in [0.25, 0.3) is 5.91 Å². The van der Waals surface area contributed by atoms with Crippen LogP contribution in [0.2, 0.25) is 5.02 Å². The summed E-state index contributed by atoms with van der Waals surface area (Å²) >= 11 is 5.90. The highest BCUT2D eigenvalue weighted by atomic mass is 35.5. The lowest BCUT2D eigenvalue weighted by Gasteiger charge is -2.16. The van der Waals surface area contributed by atoms with Crippen LogP contribution in [0.4, 0.5) is 5.82 Å². The molecule has 0 aliphatic rings. The van der Waals surface area contributed by atoms with Gasteiger partial charge in [0, 0.05) is 10.4 Å². The number of ether oxygens (including phenoxy) is 2. The minimum Gasteiger partial charge on any atom is -0.481 e. The number of para-hydroxylation sites is 1. The Kier molecular flexibility index (Phi) is 6.55. The van der Waals surface area contributed by atoms with Crippen molar-refractivity contribution >= 4 is 40.2 Å². The first-order chi connectivity index (χ1) is 16.0. The van der Waals surface area contributed by atoms with Gasteiger partial charge in [-0.2, -0.15) is 9.78 Å². The molecule has 9 heteroatoms. The lowest BCUT2D eigenvalue weighted by Crippen LogP contribution is -2.31. The average molecular weight is 465 g/mol. The number of carbonyl (C=O) groups is 2. The van der Waals surface area contributed by atoms with Gasteiger partial charge in [-0.3, -0.25) is 4.79 Å². The standard InChI is InChI=1S/C24H21ClN4O4/c1-3-32-24(31)19-14-26-29(21-13-8-16-6-4-5-7-20(16)27-21)22(19)28-23(30)15(2)33-18-11-9-17(25)10-12-18/h4-15H,3H2,1-2H3,(H,28,30). The molecule has 1 unspecified atom stereocenters. The van der Waals surface area contributed by atoms with Gasteiger partial charge in [0.1, 0.15) is 11.3 Å². The minimum absolute atomic E-state index is 0.110. The van der Waals surface area contributed by atoms with Crippen molar-refractivity contribution in [3.63, 3.8) is 0 Å². The fourth-order valence-corrected chi connectivity index (χ4v) is 3.29. The Morgan fingerprint density at radius 2 is 1.85 bits per heavy atom. The Morgan fingerprint density at radius 3 is 2.61 bits per heavy atom. The molecule has 2 heterocycles. The Hall–Kier alpha value is -3.91. The monoisotopic (exact) mass is 464 g/mol. The van der Waals surface area contributed by atoms with Crippen molar-refractivity contribution in [2.45, 2.75) is 20.0 Å². The lowest BCUT2D eigenvalue weighted by atomic mass is 10.2. The fourth-order valence-electron chi connectivity index (χ4n) is 3.16. The number of nitrogens with one attached hydrogen (secondary N) is 1. The summed E-state index contributed by atoms with van der Waals surface area (Å²) < 4.78 is 12.2. The number of amides is 1. The van der Waals surface area contributed by atoms with Crippen molar-refractivity contribution < 1.29 is 19.1 Å². The number of hydrogen-bond acceptors (Lipinski definition) is 6. The van der Waals surface area contributed by atoms with Crippen LogP contribution >= 0.6 is 11.6 Å². The zero-order valence-corrected chi connectivity index (χ0v) is 18.7. The Morgan fingerprint density at radius 1 is 1.09 bits per heavy atom. The van der Waals surface area contributed by atoms with Crippen molar-refractivity contribution in [1.29, 1.82) is 0 Å². The summed E-state index contributed by atoms with van der Waals surface area (Å²) in [6, 6.07) is 17.9. The van der Waals surface area contributed by atoms with E-state index in [0.29, 0.717) is 16.6 Å². The molecule has 0 radical (unpaired) electrons. The molecule has 4 aromatic rings. The maximum absolute atomic E-state index is 12.9. The van der Waals surface area contributed by atoms with Gasteiger partial charge in [0.2, 0.25) is 0 Å². The highest BCUT2D eigenvalue weighted by Gasteiger charge is 2.25. The predicted molar refractivity (Wildman–Crippen MR) is 125 cm³/mol. The third-order valence-corrected chi connectivity index (χ3v) is 5.05. The van der Waals surface area contributed by atoms with E-state index >= 15 is 0 Å². The first-order valence-electron chi connectivity index (χ1n) is 10.3. The highest BCUT2D eigenvalue weighted by molar-refractivity contribution is 6.30. The largest absolute Gasteiger partial charge is 0.481 e. The molecular formula is C24H21ClN4O4. The number of fused-ring (bicyclic) bond motifs is 1. The summed E-state index contributed by atoms with van der Waals surface area (Å²) in [4.78, 5) is 30.0. The Bertz CT molecular complexity index is 1300. The molecule has 1 amide bonds. The van der Waals surface area contributed by atoms with Crippen LogP contribution in [0.15, 0.2) is 66.9 Å². The van der Waals surface area contributed by atoms with E-state index in [1.807, 2.05) is 30.3 Å². The van der Waals surface area contributed by atoms with Crippen LogP contribution in [-0.4, -0.2) is 39.4 Å². The smallest absolute Gasteiger partial charge is 0.343 e. The zero-order valence-electron chi connectivity index (χ0n) is 18.0. The van der Waals surface area contributed by atoms with E-state index in [4.69, 9.17) is 21.1 Å². The van der Waals surface area contributed by atoms with Crippen LogP contribution in [0.5, 0.6) is 5.75 Å². The molecule has 1 atom stereocenters. The number of anilines is 1. The Labute approximate surface area is 195 Å². The van der Waals surface area contributed by atoms with E-state index in [1.54, 1.807) is 44.2 Å². The van der Waals surface area contributed by atoms with Crippen LogP contribution < -0.4 is 10.1 Å². The predicted octanol–water partition coefficient (Wildman–Crippen LogP) is 4.66. The molecule has 1 N–H and O–H groups in total. The third kappa shape index (κ3) is 4.96. The number of rotatable bonds is 7. The fraction of sp³-hybridized carbons (Fsp3) is 0.167. The molecule has 2 aromatic carbocycles. The topological polar surface area (TPSA) is 95.3 Å². The first kappa shape index (κ1) is 22.3. The molecule has 0 saturated carbocycles. The number of pyridine rings is 1. The van der Waals surface area contributed by atoms with E-state index < -0.39 is 18.0 Å². The molecule has 4 rings (SSSR count).